The van der Waals surface area contributed by atoms with Gasteiger partial charge in [0.2, 0.25) is 0 Å². The number of hydrogen-bond acceptors (Lipinski definition) is 5. The van der Waals surface area contributed by atoms with Crippen LogP contribution in [0.3, 0.4) is 0 Å². The van der Waals surface area contributed by atoms with E-state index in [1.165, 1.54) is 35.6 Å². The third kappa shape index (κ3) is 3.86. The molecule has 0 unspecified atom stereocenters. The average Bonchev–Trinajstić information content (AvgIpc) is 3.13. The summed E-state index contributed by atoms with van der Waals surface area (Å²) in [5, 5.41) is 6.27. The second-order valence-electron chi connectivity index (χ2n) is 6.94. The number of nitrogens with zero attached hydrogens (tertiary/aromatic N) is 2. The summed E-state index contributed by atoms with van der Waals surface area (Å²) >= 11 is 1.80. The lowest BCUT2D eigenvalue weighted by molar-refractivity contribution is 0.0478. The van der Waals surface area contributed by atoms with Crippen molar-refractivity contribution in [3.05, 3.63) is 58.0 Å². The van der Waals surface area contributed by atoms with E-state index in [0.29, 0.717) is 17.6 Å². The van der Waals surface area contributed by atoms with Crippen LogP contribution in [0, 0.1) is 5.82 Å². The summed E-state index contributed by atoms with van der Waals surface area (Å²) in [5.74, 6) is -0.914. The minimum absolute atomic E-state index is 0.311. The molecule has 0 radical (unpaired) electrons. The molecule has 2 saturated heterocycles. The molecule has 1 aromatic heterocycles. The molecule has 1 aromatic carbocycles. The van der Waals surface area contributed by atoms with E-state index in [9.17, 15) is 9.18 Å². The van der Waals surface area contributed by atoms with Crippen molar-refractivity contribution in [3.8, 4) is 0 Å². The third-order valence-electron chi connectivity index (χ3n) is 5.21. The van der Waals surface area contributed by atoms with Crippen molar-refractivity contribution in [2.24, 2.45) is 5.16 Å². The first-order valence-corrected chi connectivity index (χ1v) is 9.88. The standard InChI is InChI=1S/C20H21FN2O2S/c21-15-8-6-14(7-9-15)20(24)25-22-16-11-17-3-1-4-18(12-16)23(17)13-19-5-2-10-26-19/h2,5-10,17-18H,1,3-4,11-13H2/t17-,18-/m1/s1. The Bertz CT molecular complexity index is 773. The fourth-order valence-electron chi connectivity index (χ4n) is 3.94. The zero-order chi connectivity index (χ0) is 17.9. The molecule has 6 heteroatoms. The van der Waals surface area contributed by atoms with Crippen molar-refractivity contribution in [1.82, 2.24) is 4.90 Å². The predicted molar refractivity (Wildman–Crippen MR) is 99.8 cm³/mol. The van der Waals surface area contributed by atoms with Gasteiger partial charge in [0.25, 0.3) is 0 Å². The Labute approximate surface area is 156 Å². The topological polar surface area (TPSA) is 41.9 Å². The Morgan fingerprint density at radius 2 is 1.92 bits per heavy atom. The van der Waals surface area contributed by atoms with Gasteiger partial charge in [-0.1, -0.05) is 17.6 Å². The van der Waals surface area contributed by atoms with Crippen LogP contribution in [-0.4, -0.2) is 28.7 Å². The summed E-state index contributed by atoms with van der Waals surface area (Å²) in [5.41, 5.74) is 1.27. The van der Waals surface area contributed by atoms with Gasteiger partial charge in [0, 0.05) is 36.3 Å². The SMILES string of the molecule is O=C(ON=C1C[C@H]2CCC[C@H](C1)N2Cc1cccs1)c1ccc(F)cc1. The van der Waals surface area contributed by atoms with Crippen LogP contribution in [0.2, 0.25) is 0 Å². The highest BCUT2D eigenvalue weighted by Crippen LogP contribution is 2.34. The van der Waals surface area contributed by atoms with Crippen LogP contribution in [0.4, 0.5) is 4.39 Å². The first-order valence-electron chi connectivity index (χ1n) is 9.00. The molecule has 2 bridgehead atoms. The maximum Gasteiger partial charge on any atom is 0.365 e. The molecular weight excluding hydrogens is 351 g/mol. The number of piperidine rings is 2. The summed E-state index contributed by atoms with van der Waals surface area (Å²) in [6.07, 6.45) is 5.26. The second-order valence-corrected chi connectivity index (χ2v) is 7.97. The van der Waals surface area contributed by atoms with E-state index in [2.05, 4.69) is 27.6 Å². The lowest BCUT2D eigenvalue weighted by Gasteiger charge is -2.46. The average molecular weight is 372 g/mol. The summed E-state index contributed by atoms with van der Waals surface area (Å²) in [4.78, 5) is 21.2. The number of rotatable bonds is 4. The third-order valence-corrected chi connectivity index (χ3v) is 6.07. The normalized spacial score (nSPS) is 22.9. The van der Waals surface area contributed by atoms with Crippen LogP contribution in [-0.2, 0) is 11.4 Å². The molecule has 2 aromatic rings. The van der Waals surface area contributed by atoms with Gasteiger partial charge in [-0.15, -0.1) is 11.3 Å². The van der Waals surface area contributed by atoms with Gasteiger partial charge in [0.15, 0.2) is 0 Å². The molecule has 26 heavy (non-hydrogen) atoms. The molecule has 4 nitrogen and oxygen atoms in total. The number of fused-ring (bicyclic) bond motifs is 2. The Hall–Kier alpha value is -2.05. The molecule has 2 fully saturated rings. The van der Waals surface area contributed by atoms with Crippen LogP contribution in [0.5, 0.6) is 0 Å². The van der Waals surface area contributed by atoms with Gasteiger partial charge in [-0.2, -0.15) is 0 Å². The molecule has 0 N–H and O–H groups in total. The van der Waals surface area contributed by atoms with Gasteiger partial charge < -0.3 is 4.84 Å². The molecule has 0 amide bonds. The number of halogens is 1. The smallest absolute Gasteiger partial charge is 0.313 e. The number of thiophene rings is 1. The van der Waals surface area contributed by atoms with Gasteiger partial charge >= 0.3 is 5.97 Å². The summed E-state index contributed by atoms with van der Waals surface area (Å²) in [6, 6.07) is 10.5. The minimum atomic E-state index is -0.538. The van der Waals surface area contributed by atoms with Crippen molar-refractivity contribution in [2.45, 2.75) is 50.7 Å². The van der Waals surface area contributed by atoms with Crippen molar-refractivity contribution >= 4 is 23.0 Å². The molecule has 2 aliphatic heterocycles. The monoisotopic (exact) mass is 372 g/mol. The van der Waals surface area contributed by atoms with Crippen LogP contribution < -0.4 is 0 Å². The van der Waals surface area contributed by atoms with Crippen LogP contribution in [0.1, 0.15) is 47.3 Å². The fraction of sp³-hybridized carbons (Fsp3) is 0.400. The lowest BCUT2D eigenvalue weighted by atomic mass is 9.83. The van der Waals surface area contributed by atoms with Gasteiger partial charge in [-0.25, -0.2) is 9.18 Å². The summed E-state index contributed by atoms with van der Waals surface area (Å²) in [6.45, 7) is 0.996. The molecule has 0 saturated carbocycles. The van der Waals surface area contributed by atoms with Crippen molar-refractivity contribution in [1.29, 1.82) is 0 Å². The van der Waals surface area contributed by atoms with Gasteiger partial charge in [-0.3, -0.25) is 4.90 Å². The van der Waals surface area contributed by atoms with Crippen LogP contribution >= 0.6 is 11.3 Å². The van der Waals surface area contributed by atoms with Gasteiger partial charge in [0.1, 0.15) is 5.82 Å². The lowest BCUT2D eigenvalue weighted by Crippen LogP contribution is -2.51. The number of benzene rings is 1. The maximum atomic E-state index is 12.9. The molecule has 0 spiro atoms. The molecular formula is C20H21FN2O2S. The Morgan fingerprint density at radius 1 is 1.19 bits per heavy atom. The molecule has 2 aliphatic rings. The maximum absolute atomic E-state index is 12.9. The summed E-state index contributed by atoms with van der Waals surface area (Å²) in [7, 11) is 0. The largest absolute Gasteiger partial charge is 0.365 e. The van der Waals surface area contributed by atoms with E-state index in [1.54, 1.807) is 11.3 Å². The van der Waals surface area contributed by atoms with Crippen LogP contribution in [0.15, 0.2) is 46.9 Å². The van der Waals surface area contributed by atoms with E-state index >= 15 is 0 Å². The first-order chi connectivity index (χ1) is 12.7. The number of hydrogen-bond donors (Lipinski definition) is 0. The van der Waals surface area contributed by atoms with Crippen molar-refractivity contribution in [2.75, 3.05) is 0 Å². The molecule has 136 valence electrons. The van der Waals surface area contributed by atoms with Crippen molar-refractivity contribution < 1.29 is 14.0 Å². The van der Waals surface area contributed by atoms with E-state index in [1.807, 2.05) is 0 Å². The fourth-order valence-corrected chi connectivity index (χ4v) is 4.66. The van der Waals surface area contributed by atoms with E-state index in [4.69, 9.17) is 4.84 Å². The highest BCUT2D eigenvalue weighted by molar-refractivity contribution is 7.09. The van der Waals surface area contributed by atoms with Crippen molar-refractivity contribution in [3.63, 3.8) is 0 Å². The number of carbonyl (C=O) groups is 1. The molecule has 0 aliphatic carbocycles. The molecule has 3 heterocycles. The number of carbonyl (C=O) groups excluding carboxylic acids is 1. The highest BCUT2D eigenvalue weighted by atomic mass is 32.1. The quantitative estimate of drug-likeness (QED) is 0.581. The predicted octanol–water partition coefficient (Wildman–Crippen LogP) is 4.62. The first kappa shape index (κ1) is 17.4. The van der Waals surface area contributed by atoms with Crippen LogP contribution in [0.25, 0.3) is 0 Å². The number of oxime groups is 1. The molecule has 2 atom stereocenters. The van der Waals surface area contributed by atoms with Gasteiger partial charge in [0.05, 0.1) is 11.3 Å². The van der Waals surface area contributed by atoms with Gasteiger partial charge in [-0.05, 0) is 48.6 Å². The van der Waals surface area contributed by atoms with E-state index < -0.39 is 5.97 Å². The Balaban J connectivity index is 1.40. The zero-order valence-corrected chi connectivity index (χ0v) is 15.3. The van der Waals surface area contributed by atoms with E-state index in [-0.39, 0.29) is 5.82 Å². The van der Waals surface area contributed by atoms with E-state index in [0.717, 1.165) is 37.9 Å². The molecule has 4 rings (SSSR count). The second kappa shape index (κ2) is 7.68. The minimum Gasteiger partial charge on any atom is -0.313 e. The highest BCUT2D eigenvalue weighted by Gasteiger charge is 2.37. The zero-order valence-electron chi connectivity index (χ0n) is 14.4. The Kier molecular flexibility index (Phi) is 5.13. The Morgan fingerprint density at radius 3 is 2.58 bits per heavy atom. The summed E-state index contributed by atoms with van der Waals surface area (Å²) < 4.78 is 12.9.